The maximum atomic E-state index is 12.2. The number of Topliss-reactive ketones (excluding diaryl/α,β-unsaturated/α-hetero) is 1. The van der Waals surface area contributed by atoms with Crippen LogP contribution in [0.3, 0.4) is 0 Å². The normalized spacial score (nSPS) is 10.5. The maximum Gasteiger partial charge on any atom is 0.251 e. The Hall–Kier alpha value is -3.15. The summed E-state index contributed by atoms with van der Waals surface area (Å²) in [5.41, 5.74) is 3.38. The molecule has 0 fully saturated rings. The summed E-state index contributed by atoms with van der Waals surface area (Å²) >= 11 is 0. The Balaban J connectivity index is 1.93. The van der Waals surface area contributed by atoms with E-state index in [1.165, 1.54) is 6.92 Å². The van der Waals surface area contributed by atoms with E-state index in [-0.39, 0.29) is 24.1 Å². The second-order valence-corrected chi connectivity index (χ2v) is 7.17. The van der Waals surface area contributed by atoms with E-state index in [1.807, 2.05) is 20.8 Å². The van der Waals surface area contributed by atoms with Crippen LogP contribution >= 0.6 is 0 Å². The van der Waals surface area contributed by atoms with Gasteiger partial charge >= 0.3 is 0 Å². The van der Waals surface area contributed by atoms with Crippen molar-refractivity contribution < 1.29 is 14.4 Å². The SMILES string of the molecule is CC(=O)c1cccc(NC(=O)CNc2ccc(C(=O)NCC(C)C)cc2C)c1. The van der Waals surface area contributed by atoms with Crippen LogP contribution in [0.4, 0.5) is 11.4 Å². The second kappa shape index (κ2) is 9.69. The summed E-state index contributed by atoms with van der Waals surface area (Å²) in [6, 6.07) is 12.1. The topological polar surface area (TPSA) is 87.3 Å². The molecule has 2 amide bonds. The van der Waals surface area contributed by atoms with Gasteiger partial charge in [-0.1, -0.05) is 26.0 Å². The molecule has 0 aliphatic rings. The summed E-state index contributed by atoms with van der Waals surface area (Å²) in [4.78, 5) is 35.7. The number of hydrogen-bond acceptors (Lipinski definition) is 4. The Morgan fingerprint density at radius 3 is 2.39 bits per heavy atom. The molecule has 0 unspecified atom stereocenters. The third kappa shape index (κ3) is 6.23. The van der Waals surface area contributed by atoms with E-state index >= 15 is 0 Å². The van der Waals surface area contributed by atoms with Gasteiger partial charge in [-0.3, -0.25) is 14.4 Å². The van der Waals surface area contributed by atoms with Gasteiger partial charge in [0.1, 0.15) is 0 Å². The second-order valence-electron chi connectivity index (χ2n) is 7.17. The standard InChI is InChI=1S/C22H27N3O3/c1-14(2)12-24-22(28)18-8-9-20(15(3)10-18)23-13-21(27)25-19-7-5-6-17(11-19)16(4)26/h5-11,14,23H,12-13H2,1-4H3,(H,24,28)(H,25,27). The molecule has 6 nitrogen and oxygen atoms in total. The average Bonchev–Trinajstić information content (AvgIpc) is 2.65. The van der Waals surface area contributed by atoms with Crippen molar-refractivity contribution in [2.24, 2.45) is 5.92 Å². The maximum absolute atomic E-state index is 12.2. The van der Waals surface area contributed by atoms with Crippen LogP contribution in [0.2, 0.25) is 0 Å². The number of rotatable bonds is 8. The molecule has 0 aliphatic carbocycles. The Labute approximate surface area is 165 Å². The molecule has 2 aromatic rings. The molecule has 0 saturated heterocycles. The minimum atomic E-state index is -0.223. The molecule has 148 valence electrons. The number of aryl methyl sites for hydroxylation is 1. The van der Waals surface area contributed by atoms with Gasteiger partial charge in [-0.25, -0.2) is 0 Å². The number of carbonyl (C=O) groups excluding carboxylic acids is 3. The van der Waals surface area contributed by atoms with Crippen LogP contribution in [0.1, 0.15) is 47.1 Å². The number of nitrogens with one attached hydrogen (secondary N) is 3. The fourth-order valence-electron chi connectivity index (χ4n) is 2.60. The van der Waals surface area contributed by atoms with Crippen molar-refractivity contribution in [2.75, 3.05) is 23.7 Å². The van der Waals surface area contributed by atoms with Crippen molar-refractivity contribution >= 4 is 29.0 Å². The third-order valence-electron chi connectivity index (χ3n) is 4.15. The zero-order chi connectivity index (χ0) is 20.7. The lowest BCUT2D eigenvalue weighted by molar-refractivity contribution is -0.114. The van der Waals surface area contributed by atoms with E-state index in [9.17, 15) is 14.4 Å². The fraction of sp³-hybridized carbons (Fsp3) is 0.318. The fourth-order valence-corrected chi connectivity index (χ4v) is 2.60. The van der Waals surface area contributed by atoms with Crippen LogP contribution in [0, 0.1) is 12.8 Å². The van der Waals surface area contributed by atoms with E-state index in [2.05, 4.69) is 16.0 Å². The van der Waals surface area contributed by atoms with Crippen LogP contribution in [0.15, 0.2) is 42.5 Å². The molecule has 2 aromatic carbocycles. The lowest BCUT2D eigenvalue weighted by Gasteiger charge is -2.12. The molecule has 0 atom stereocenters. The Bertz CT molecular complexity index is 875. The highest BCUT2D eigenvalue weighted by molar-refractivity contribution is 5.98. The van der Waals surface area contributed by atoms with Crippen LogP contribution in [0.25, 0.3) is 0 Å². The van der Waals surface area contributed by atoms with E-state index in [1.54, 1.807) is 42.5 Å². The highest BCUT2D eigenvalue weighted by Gasteiger charge is 2.10. The zero-order valence-corrected chi connectivity index (χ0v) is 16.8. The van der Waals surface area contributed by atoms with E-state index < -0.39 is 0 Å². The molecule has 6 heteroatoms. The van der Waals surface area contributed by atoms with Crippen LogP contribution in [-0.2, 0) is 4.79 Å². The summed E-state index contributed by atoms with van der Waals surface area (Å²) in [6.45, 7) is 8.15. The molecule has 0 radical (unpaired) electrons. The minimum absolute atomic E-state index is 0.0534. The molecule has 0 spiro atoms. The Morgan fingerprint density at radius 1 is 1.00 bits per heavy atom. The molecule has 2 rings (SSSR count). The van der Waals surface area contributed by atoms with Gasteiger partial charge in [0, 0.05) is 29.0 Å². The van der Waals surface area contributed by atoms with Crippen molar-refractivity contribution in [3.8, 4) is 0 Å². The highest BCUT2D eigenvalue weighted by atomic mass is 16.2. The smallest absolute Gasteiger partial charge is 0.251 e. The summed E-state index contributed by atoms with van der Waals surface area (Å²) in [7, 11) is 0. The van der Waals surface area contributed by atoms with Gasteiger partial charge in [-0.2, -0.15) is 0 Å². The lowest BCUT2D eigenvalue weighted by Crippen LogP contribution is -2.27. The molecule has 28 heavy (non-hydrogen) atoms. The quantitative estimate of drug-likeness (QED) is 0.609. The minimum Gasteiger partial charge on any atom is -0.376 e. The van der Waals surface area contributed by atoms with Gasteiger partial charge in [0.2, 0.25) is 5.91 Å². The van der Waals surface area contributed by atoms with Gasteiger partial charge in [0.05, 0.1) is 6.54 Å². The van der Waals surface area contributed by atoms with Crippen molar-refractivity contribution in [2.45, 2.75) is 27.7 Å². The third-order valence-corrected chi connectivity index (χ3v) is 4.15. The molecule has 3 N–H and O–H groups in total. The molecule has 0 aliphatic heterocycles. The molecular weight excluding hydrogens is 354 g/mol. The first-order valence-corrected chi connectivity index (χ1v) is 9.30. The monoisotopic (exact) mass is 381 g/mol. The van der Waals surface area contributed by atoms with E-state index in [0.29, 0.717) is 29.3 Å². The Kier molecular flexibility index (Phi) is 7.32. The van der Waals surface area contributed by atoms with Gasteiger partial charge in [-0.05, 0) is 55.7 Å². The number of amides is 2. The summed E-state index contributed by atoms with van der Waals surface area (Å²) in [5.74, 6) is 0.00769. The van der Waals surface area contributed by atoms with Gasteiger partial charge < -0.3 is 16.0 Å². The number of hydrogen-bond donors (Lipinski definition) is 3. The number of benzene rings is 2. The molecule has 0 aromatic heterocycles. The summed E-state index contributed by atoms with van der Waals surface area (Å²) in [5, 5.41) is 8.73. The van der Waals surface area contributed by atoms with Crippen LogP contribution < -0.4 is 16.0 Å². The van der Waals surface area contributed by atoms with Gasteiger partial charge in [0.25, 0.3) is 5.91 Å². The molecule has 0 saturated carbocycles. The predicted octanol–water partition coefficient (Wildman–Crippen LogP) is 3.63. The first kappa shape index (κ1) is 21.2. The predicted molar refractivity (Wildman–Crippen MR) is 112 cm³/mol. The average molecular weight is 381 g/mol. The van der Waals surface area contributed by atoms with Crippen molar-refractivity contribution in [1.82, 2.24) is 5.32 Å². The zero-order valence-electron chi connectivity index (χ0n) is 16.8. The van der Waals surface area contributed by atoms with Gasteiger partial charge in [0.15, 0.2) is 5.78 Å². The number of carbonyl (C=O) groups is 3. The molecule has 0 bridgehead atoms. The van der Waals surface area contributed by atoms with Crippen molar-refractivity contribution in [3.05, 3.63) is 59.2 Å². The summed E-state index contributed by atoms with van der Waals surface area (Å²) in [6.07, 6.45) is 0. The Morgan fingerprint density at radius 2 is 1.75 bits per heavy atom. The number of anilines is 2. The van der Waals surface area contributed by atoms with Crippen molar-refractivity contribution in [3.63, 3.8) is 0 Å². The first-order valence-electron chi connectivity index (χ1n) is 9.30. The van der Waals surface area contributed by atoms with E-state index in [0.717, 1.165) is 11.3 Å². The largest absolute Gasteiger partial charge is 0.376 e. The number of ketones is 1. The highest BCUT2D eigenvalue weighted by Crippen LogP contribution is 2.17. The molecular formula is C22H27N3O3. The molecule has 0 heterocycles. The van der Waals surface area contributed by atoms with Gasteiger partial charge in [-0.15, -0.1) is 0 Å². The first-order chi connectivity index (χ1) is 13.3. The van der Waals surface area contributed by atoms with Crippen molar-refractivity contribution in [1.29, 1.82) is 0 Å². The lowest BCUT2D eigenvalue weighted by atomic mass is 10.1. The van der Waals surface area contributed by atoms with Crippen LogP contribution in [-0.4, -0.2) is 30.7 Å². The summed E-state index contributed by atoms with van der Waals surface area (Å²) < 4.78 is 0. The van der Waals surface area contributed by atoms with Crippen LogP contribution in [0.5, 0.6) is 0 Å². The van der Waals surface area contributed by atoms with E-state index in [4.69, 9.17) is 0 Å².